The number of hydrogen-bond acceptors (Lipinski definition) is 5. The molecular formula is C19H25F3N4O3. The molecule has 2 aromatic heterocycles. The van der Waals surface area contributed by atoms with E-state index in [1.165, 1.54) is 36.8 Å². The summed E-state index contributed by atoms with van der Waals surface area (Å²) >= 11 is 0. The van der Waals surface area contributed by atoms with Crippen LogP contribution in [0.15, 0.2) is 18.5 Å². The molecule has 0 aliphatic carbocycles. The van der Waals surface area contributed by atoms with Crippen LogP contribution in [0.4, 0.5) is 18.0 Å². The van der Waals surface area contributed by atoms with Crippen LogP contribution in [0.2, 0.25) is 0 Å². The molecule has 29 heavy (non-hydrogen) atoms. The number of ether oxygens (including phenoxy) is 1. The molecule has 0 radical (unpaired) electrons. The number of aromatic nitrogens is 3. The quantitative estimate of drug-likeness (QED) is 0.697. The number of carbonyl (C=O) groups is 2. The molecule has 3 unspecified atom stereocenters. The fourth-order valence-corrected chi connectivity index (χ4v) is 2.55. The molecule has 0 aliphatic heterocycles. The van der Waals surface area contributed by atoms with Gasteiger partial charge in [0.1, 0.15) is 17.8 Å². The van der Waals surface area contributed by atoms with Crippen LogP contribution in [-0.2, 0) is 4.74 Å². The van der Waals surface area contributed by atoms with Crippen molar-refractivity contribution >= 4 is 18.0 Å². The Morgan fingerprint density at radius 1 is 1.31 bits per heavy atom. The molecule has 0 aliphatic rings. The Morgan fingerprint density at radius 2 is 1.97 bits per heavy atom. The molecule has 1 N–H and O–H groups in total. The lowest BCUT2D eigenvalue weighted by Crippen LogP contribution is -2.45. The van der Waals surface area contributed by atoms with Crippen molar-refractivity contribution in [2.75, 3.05) is 6.67 Å². The average molecular weight is 414 g/mol. The minimum atomic E-state index is -2.32. The van der Waals surface area contributed by atoms with Crippen molar-refractivity contribution in [2.24, 2.45) is 5.41 Å². The van der Waals surface area contributed by atoms with E-state index in [9.17, 15) is 18.4 Å². The van der Waals surface area contributed by atoms with Gasteiger partial charge in [0.25, 0.3) is 0 Å². The van der Waals surface area contributed by atoms with Crippen LogP contribution in [0, 0.1) is 5.41 Å². The van der Waals surface area contributed by atoms with Crippen molar-refractivity contribution in [3.8, 4) is 0 Å². The Bertz CT molecular complexity index is 879. The van der Waals surface area contributed by atoms with Crippen LogP contribution in [0.5, 0.6) is 0 Å². The number of carbonyl (C=O) groups excluding carboxylic acids is 2. The van der Waals surface area contributed by atoms with E-state index in [2.05, 4.69) is 15.4 Å². The summed E-state index contributed by atoms with van der Waals surface area (Å²) in [5.41, 5.74) is -2.09. The summed E-state index contributed by atoms with van der Waals surface area (Å²) in [4.78, 5) is 27.3. The van der Waals surface area contributed by atoms with Gasteiger partial charge in [-0.25, -0.2) is 23.1 Å². The molecule has 7 nitrogen and oxygen atoms in total. The minimum absolute atomic E-state index is 0.0452. The van der Waals surface area contributed by atoms with Crippen LogP contribution in [0.1, 0.15) is 56.7 Å². The van der Waals surface area contributed by atoms with E-state index >= 15 is 4.39 Å². The van der Waals surface area contributed by atoms with Crippen molar-refractivity contribution in [3.63, 3.8) is 0 Å². The number of rotatable bonds is 7. The standard InChI is InChI=1S/C19H25F3N4O3/c1-18(2,3)29-17(28)25-15(14(21)16(22)19(4,5)10-20)12-8-26-13(24-12)6-11(9-27)7-23-26/h6-9,14-16H,10H2,1-5H3,(H,25,28). The summed E-state index contributed by atoms with van der Waals surface area (Å²) in [6.07, 6.45) is -2.39. The van der Waals surface area contributed by atoms with Gasteiger partial charge in [-0.2, -0.15) is 5.10 Å². The second kappa shape index (κ2) is 8.38. The van der Waals surface area contributed by atoms with Crippen molar-refractivity contribution in [2.45, 2.75) is 58.6 Å². The molecule has 3 atom stereocenters. The number of nitrogens with one attached hydrogen (secondary N) is 1. The first-order chi connectivity index (χ1) is 13.4. The topological polar surface area (TPSA) is 85.6 Å². The molecule has 1 amide bonds. The molecule has 0 aromatic carbocycles. The van der Waals surface area contributed by atoms with E-state index in [1.807, 2.05) is 0 Å². The van der Waals surface area contributed by atoms with E-state index in [4.69, 9.17) is 4.74 Å². The Balaban J connectivity index is 2.43. The molecule has 2 aromatic rings. The lowest BCUT2D eigenvalue weighted by atomic mass is 9.84. The summed E-state index contributed by atoms with van der Waals surface area (Å²) in [5, 5.41) is 6.25. The second-order valence-electron chi connectivity index (χ2n) is 8.47. The van der Waals surface area contributed by atoms with Gasteiger partial charge in [0, 0.05) is 11.0 Å². The molecule has 0 saturated heterocycles. The first-order valence-electron chi connectivity index (χ1n) is 9.02. The average Bonchev–Trinajstić information content (AvgIpc) is 3.06. The number of nitrogens with zero attached hydrogens (tertiary/aromatic N) is 3. The highest BCUT2D eigenvalue weighted by molar-refractivity contribution is 5.76. The van der Waals surface area contributed by atoms with Gasteiger partial charge in [-0.05, 0) is 26.8 Å². The molecule has 10 heteroatoms. The monoisotopic (exact) mass is 414 g/mol. The Labute approximate surface area is 166 Å². The van der Waals surface area contributed by atoms with Gasteiger partial charge in [-0.15, -0.1) is 0 Å². The predicted octanol–water partition coefficient (Wildman–Crippen LogP) is 3.78. The van der Waals surface area contributed by atoms with Crippen LogP contribution < -0.4 is 5.32 Å². The lowest BCUT2D eigenvalue weighted by molar-refractivity contribution is 0.0125. The zero-order chi connectivity index (χ0) is 22.0. The fourth-order valence-electron chi connectivity index (χ4n) is 2.55. The van der Waals surface area contributed by atoms with Crippen molar-refractivity contribution in [1.82, 2.24) is 19.9 Å². The normalized spacial score (nSPS) is 15.6. The van der Waals surface area contributed by atoms with Gasteiger partial charge in [-0.3, -0.25) is 9.18 Å². The molecule has 0 spiro atoms. The van der Waals surface area contributed by atoms with E-state index in [-0.39, 0.29) is 16.9 Å². The number of alkyl halides is 3. The molecule has 2 rings (SSSR count). The maximum absolute atomic E-state index is 15.2. The Kier molecular flexibility index (Phi) is 6.54. The third-order valence-corrected chi connectivity index (χ3v) is 4.18. The molecule has 0 saturated carbocycles. The van der Waals surface area contributed by atoms with Crippen LogP contribution in [0.3, 0.4) is 0 Å². The number of aldehydes is 1. The molecule has 2 heterocycles. The number of imidazole rings is 1. The smallest absolute Gasteiger partial charge is 0.408 e. The van der Waals surface area contributed by atoms with Gasteiger partial charge in [0.05, 0.1) is 24.8 Å². The highest BCUT2D eigenvalue weighted by Crippen LogP contribution is 2.34. The zero-order valence-electron chi connectivity index (χ0n) is 16.9. The predicted molar refractivity (Wildman–Crippen MR) is 100 cm³/mol. The highest BCUT2D eigenvalue weighted by atomic mass is 19.2. The summed E-state index contributed by atoms with van der Waals surface area (Å²) < 4.78 is 49.5. The summed E-state index contributed by atoms with van der Waals surface area (Å²) in [5.74, 6) is 0. The van der Waals surface area contributed by atoms with E-state index in [0.29, 0.717) is 6.29 Å². The Morgan fingerprint density at radius 3 is 2.52 bits per heavy atom. The lowest BCUT2D eigenvalue weighted by Gasteiger charge is -2.32. The summed E-state index contributed by atoms with van der Waals surface area (Å²) in [6.45, 7) is 6.26. The zero-order valence-corrected chi connectivity index (χ0v) is 16.9. The van der Waals surface area contributed by atoms with Crippen molar-refractivity contribution in [1.29, 1.82) is 0 Å². The van der Waals surface area contributed by atoms with Gasteiger partial charge >= 0.3 is 6.09 Å². The first-order valence-corrected chi connectivity index (χ1v) is 9.02. The van der Waals surface area contributed by atoms with Gasteiger partial charge in [0.2, 0.25) is 0 Å². The number of alkyl carbamates (subject to hydrolysis) is 1. The number of halogens is 3. The number of hydrogen-bond donors (Lipinski definition) is 1. The van der Waals surface area contributed by atoms with Gasteiger partial charge in [-0.1, -0.05) is 13.8 Å². The third-order valence-electron chi connectivity index (χ3n) is 4.18. The fraction of sp³-hybridized carbons (Fsp3) is 0.579. The van der Waals surface area contributed by atoms with Gasteiger partial charge in [0.15, 0.2) is 18.1 Å². The number of fused-ring (bicyclic) bond motifs is 1. The minimum Gasteiger partial charge on any atom is -0.444 e. The van der Waals surface area contributed by atoms with Crippen LogP contribution in [0.25, 0.3) is 5.65 Å². The SMILES string of the molecule is CC(C)(C)OC(=O)NC(c1cn2ncc(C=O)cc2n1)C(F)C(F)C(C)(C)CF. The van der Waals surface area contributed by atoms with Crippen LogP contribution >= 0.6 is 0 Å². The van der Waals surface area contributed by atoms with Gasteiger partial charge < -0.3 is 10.1 Å². The molecule has 160 valence electrons. The summed E-state index contributed by atoms with van der Waals surface area (Å²) in [7, 11) is 0. The highest BCUT2D eigenvalue weighted by Gasteiger charge is 2.43. The first kappa shape index (κ1) is 22.6. The number of amides is 1. The molecule has 0 bridgehead atoms. The van der Waals surface area contributed by atoms with Crippen molar-refractivity contribution in [3.05, 3.63) is 29.7 Å². The van der Waals surface area contributed by atoms with Crippen molar-refractivity contribution < 1.29 is 27.5 Å². The maximum atomic E-state index is 15.2. The Hall–Kier alpha value is -2.65. The van der Waals surface area contributed by atoms with E-state index in [1.54, 1.807) is 20.8 Å². The second-order valence-corrected chi connectivity index (χ2v) is 8.47. The van der Waals surface area contributed by atoms with E-state index in [0.717, 1.165) is 0 Å². The third kappa shape index (κ3) is 5.45. The summed E-state index contributed by atoms with van der Waals surface area (Å²) in [6, 6.07) is -0.160. The van der Waals surface area contributed by atoms with E-state index < -0.39 is 42.2 Å². The molecule has 0 fully saturated rings. The maximum Gasteiger partial charge on any atom is 0.408 e. The van der Waals surface area contributed by atoms with Crippen LogP contribution in [-0.4, -0.2) is 51.6 Å². The largest absolute Gasteiger partial charge is 0.444 e. The molecular weight excluding hydrogens is 389 g/mol.